The zero-order chi connectivity index (χ0) is 21.8. The molecule has 8 nitrogen and oxygen atoms in total. The van der Waals surface area contributed by atoms with Gasteiger partial charge in [0.1, 0.15) is 5.75 Å². The van der Waals surface area contributed by atoms with Crippen LogP contribution in [0.15, 0.2) is 36.4 Å². The highest BCUT2D eigenvalue weighted by atomic mass is 32.2. The van der Waals surface area contributed by atoms with Gasteiger partial charge in [0, 0.05) is 7.05 Å². The van der Waals surface area contributed by atoms with Crippen LogP contribution in [-0.4, -0.2) is 49.0 Å². The third-order valence-corrected chi connectivity index (χ3v) is 5.75. The Morgan fingerprint density at radius 1 is 0.966 bits per heavy atom. The van der Waals surface area contributed by atoms with Gasteiger partial charge in [-0.1, -0.05) is 6.07 Å². The number of hydrogen-bond acceptors (Lipinski definition) is 6. The van der Waals surface area contributed by atoms with Crippen molar-refractivity contribution in [1.82, 2.24) is 5.32 Å². The molecule has 1 atom stereocenters. The van der Waals surface area contributed by atoms with Gasteiger partial charge in [-0.05, 0) is 42.8 Å². The summed E-state index contributed by atoms with van der Waals surface area (Å²) in [6, 6.07) is 9.66. The maximum atomic E-state index is 12.9. The van der Waals surface area contributed by atoms with Crippen molar-refractivity contribution in [3.05, 3.63) is 47.5 Å². The van der Waals surface area contributed by atoms with E-state index < -0.39 is 15.9 Å². The Morgan fingerprint density at radius 3 is 2.10 bits per heavy atom. The number of carbonyl (C=O) groups is 1. The molecule has 0 aliphatic heterocycles. The third-order valence-electron chi connectivity index (χ3n) is 4.54. The van der Waals surface area contributed by atoms with E-state index in [2.05, 4.69) is 5.32 Å². The van der Waals surface area contributed by atoms with Crippen LogP contribution in [-0.2, 0) is 10.0 Å². The number of carbonyl (C=O) groups excluding carboxylic acids is 1. The summed E-state index contributed by atoms with van der Waals surface area (Å²) in [7, 11) is 2.50. The van der Waals surface area contributed by atoms with Crippen LogP contribution >= 0.6 is 0 Å². The summed E-state index contributed by atoms with van der Waals surface area (Å²) in [5.41, 5.74) is 1.41. The Balaban J connectivity index is 2.32. The van der Waals surface area contributed by atoms with Crippen molar-refractivity contribution in [2.24, 2.45) is 0 Å². The molecule has 2 rings (SSSR count). The highest BCUT2D eigenvalue weighted by molar-refractivity contribution is 7.92. The van der Waals surface area contributed by atoms with E-state index in [4.69, 9.17) is 14.2 Å². The van der Waals surface area contributed by atoms with E-state index in [0.29, 0.717) is 22.9 Å². The molecule has 29 heavy (non-hydrogen) atoms. The molecule has 9 heteroatoms. The molecule has 0 saturated heterocycles. The number of ether oxygens (including phenoxy) is 3. The van der Waals surface area contributed by atoms with Crippen LogP contribution in [0.3, 0.4) is 0 Å². The second-order valence-electron chi connectivity index (χ2n) is 6.42. The largest absolute Gasteiger partial charge is 0.496 e. The SMILES string of the molecule is COc1ccc(C(C)NC(=O)c2cc(N(C)S(C)(=O)=O)ccc2OC)cc1OC. The number of anilines is 1. The summed E-state index contributed by atoms with van der Waals surface area (Å²) < 4.78 is 40.5. The van der Waals surface area contributed by atoms with Crippen LogP contribution in [0, 0.1) is 0 Å². The van der Waals surface area contributed by atoms with Crippen molar-refractivity contribution in [3.8, 4) is 17.2 Å². The summed E-state index contributed by atoms with van der Waals surface area (Å²) >= 11 is 0. The molecule has 0 aliphatic rings. The van der Waals surface area contributed by atoms with E-state index in [-0.39, 0.29) is 11.6 Å². The summed E-state index contributed by atoms with van der Waals surface area (Å²) in [4.78, 5) is 12.9. The molecule has 0 heterocycles. The minimum atomic E-state index is -3.46. The molecule has 0 saturated carbocycles. The molecule has 2 aromatic carbocycles. The number of amides is 1. The Labute approximate surface area is 171 Å². The topological polar surface area (TPSA) is 94.2 Å². The van der Waals surface area contributed by atoms with Crippen molar-refractivity contribution in [1.29, 1.82) is 0 Å². The van der Waals surface area contributed by atoms with E-state index >= 15 is 0 Å². The molecule has 158 valence electrons. The highest BCUT2D eigenvalue weighted by Crippen LogP contribution is 2.31. The second kappa shape index (κ2) is 9.04. The van der Waals surface area contributed by atoms with E-state index in [1.165, 1.54) is 20.2 Å². The molecule has 0 fully saturated rings. The number of rotatable bonds is 8. The number of methoxy groups -OCH3 is 3. The van der Waals surface area contributed by atoms with Gasteiger partial charge in [0.2, 0.25) is 10.0 Å². The predicted molar refractivity (Wildman–Crippen MR) is 112 cm³/mol. The smallest absolute Gasteiger partial charge is 0.255 e. The average Bonchev–Trinajstić information content (AvgIpc) is 2.71. The first-order chi connectivity index (χ1) is 13.6. The predicted octanol–water partition coefficient (Wildman–Crippen LogP) is 2.60. The van der Waals surface area contributed by atoms with E-state index in [1.807, 2.05) is 13.0 Å². The van der Waals surface area contributed by atoms with Crippen LogP contribution in [0.1, 0.15) is 28.9 Å². The van der Waals surface area contributed by atoms with Crippen LogP contribution < -0.4 is 23.8 Å². The van der Waals surface area contributed by atoms with E-state index in [1.54, 1.807) is 38.5 Å². The second-order valence-corrected chi connectivity index (χ2v) is 8.44. The minimum absolute atomic E-state index is 0.229. The monoisotopic (exact) mass is 422 g/mol. The molecule has 0 spiro atoms. The standard InChI is InChI=1S/C20H26N2O6S/c1-13(14-7-9-18(27-4)19(11-14)28-5)21-20(23)16-12-15(8-10-17(16)26-3)22(2)29(6,24)25/h7-13H,1-6H3,(H,21,23). The van der Waals surface area contributed by atoms with Gasteiger partial charge in [-0.3, -0.25) is 9.10 Å². The van der Waals surface area contributed by atoms with Gasteiger partial charge < -0.3 is 19.5 Å². The number of nitrogens with zero attached hydrogens (tertiary/aromatic N) is 1. The molecule has 0 radical (unpaired) electrons. The van der Waals surface area contributed by atoms with E-state index in [0.717, 1.165) is 16.1 Å². The van der Waals surface area contributed by atoms with Gasteiger partial charge in [-0.2, -0.15) is 0 Å². The molecule has 0 aromatic heterocycles. The first-order valence-corrected chi connectivity index (χ1v) is 10.6. The lowest BCUT2D eigenvalue weighted by Crippen LogP contribution is -2.28. The zero-order valence-corrected chi connectivity index (χ0v) is 18.2. The number of nitrogens with one attached hydrogen (secondary N) is 1. The Bertz CT molecular complexity index is 990. The van der Waals surface area contributed by atoms with Crippen LogP contribution in [0.2, 0.25) is 0 Å². The number of sulfonamides is 1. The summed E-state index contributed by atoms with van der Waals surface area (Å²) in [5, 5.41) is 2.90. The lowest BCUT2D eigenvalue weighted by molar-refractivity contribution is 0.0936. The summed E-state index contributed by atoms with van der Waals surface area (Å²) in [6.07, 6.45) is 1.09. The average molecular weight is 423 g/mol. The van der Waals surface area contributed by atoms with Gasteiger partial charge in [0.15, 0.2) is 11.5 Å². The fourth-order valence-corrected chi connectivity index (χ4v) is 3.24. The van der Waals surface area contributed by atoms with Crippen molar-refractivity contribution in [2.45, 2.75) is 13.0 Å². The molecule has 1 N–H and O–H groups in total. The van der Waals surface area contributed by atoms with Crippen LogP contribution in [0.5, 0.6) is 17.2 Å². The molecule has 0 bridgehead atoms. The number of hydrogen-bond donors (Lipinski definition) is 1. The molecular weight excluding hydrogens is 396 g/mol. The third kappa shape index (κ3) is 5.11. The lowest BCUT2D eigenvalue weighted by atomic mass is 10.1. The fraction of sp³-hybridized carbons (Fsp3) is 0.350. The maximum Gasteiger partial charge on any atom is 0.255 e. The summed E-state index contributed by atoms with van der Waals surface area (Å²) in [5.74, 6) is 1.09. The van der Waals surface area contributed by atoms with Crippen molar-refractivity contribution in [3.63, 3.8) is 0 Å². The first kappa shape index (κ1) is 22.4. The molecule has 0 aliphatic carbocycles. The highest BCUT2D eigenvalue weighted by Gasteiger charge is 2.20. The van der Waals surface area contributed by atoms with Gasteiger partial charge in [0.05, 0.1) is 44.9 Å². The summed E-state index contributed by atoms with van der Waals surface area (Å²) in [6.45, 7) is 1.83. The quantitative estimate of drug-likeness (QED) is 0.703. The fourth-order valence-electron chi connectivity index (χ4n) is 2.74. The Kier molecular flexibility index (Phi) is 6.97. The van der Waals surface area contributed by atoms with Crippen molar-refractivity contribution in [2.75, 3.05) is 38.9 Å². The van der Waals surface area contributed by atoms with Gasteiger partial charge >= 0.3 is 0 Å². The molecule has 2 aromatic rings. The molecular formula is C20H26N2O6S. The maximum absolute atomic E-state index is 12.9. The van der Waals surface area contributed by atoms with Gasteiger partial charge in [-0.25, -0.2) is 8.42 Å². The van der Waals surface area contributed by atoms with Crippen LogP contribution in [0.25, 0.3) is 0 Å². The van der Waals surface area contributed by atoms with Crippen LogP contribution in [0.4, 0.5) is 5.69 Å². The zero-order valence-electron chi connectivity index (χ0n) is 17.3. The lowest BCUT2D eigenvalue weighted by Gasteiger charge is -2.20. The van der Waals surface area contributed by atoms with Gasteiger partial charge in [-0.15, -0.1) is 0 Å². The molecule has 1 unspecified atom stereocenters. The molecule has 1 amide bonds. The first-order valence-electron chi connectivity index (χ1n) is 8.77. The van der Waals surface area contributed by atoms with Crippen molar-refractivity contribution < 1.29 is 27.4 Å². The van der Waals surface area contributed by atoms with E-state index in [9.17, 15) is 13.2 Å². The normalized spacial score (nSPS) is 12.1. The Hall–Kier alpha value is -2.94. The number of benzene rings is 2. The minimum Gasteiger partial charge on any atom is -0.496 e. The Morgan fingerprint density at radius 2 is 1.55 bits per heavy atom. The van der Waals surface area contributed by atoms with Gasteiger partial charge in [0.25, 0.3) is 5.91 Å². The van der Waals surface area contributed by atoms with Crippen molar-refractivity contribution >= 4 is 21.6 Å².